The molecule has 0 aliphatic rings. The first-order valence-corrected chi connectivity index (χ1v) is 9.90. The predicted molar refractivity (Wildman–Crippen MR) is 114 cm³/mol. The van der Waals surface area contributed by atoms with E-state index in [2.05, 4.69) is 61.1 Å². The monoisotopic (exact) mass is 358 g/mol. The Hall–Kier alpha value is -1.70. The number of hydrogen-bond donors (Lipinski definition) is 0. The molecule has 0 aliphatic heterocycles. The van der Waals surface area contributed by atoms with Gasteiger partial charge in [-0.3, -0.25) is 0 Å². The van der Waals surface area contributed by atoms with Gasteiger partial charge in [-0.05, 0) is 78.2 Å². The van der Waals surface area contributed by atoms with Crippen molar-refractivity contribution in [2.24, 2.45) is 0 Å². The molecule has 0 unspecified atom stereocenters. The van der Waals surface area contributed by atoms with Gasteiger partial charge in [-0.25, -0.2) is 0 Å². The van der Waals surface area contributed by atoms with Gasteiger partial charge >= 0.3 is 0 Å². The minimum absolute atomic E-state index is 0.265. The molecule has 1 aromatic carbocycles. The topological polar surface area (TPSA) is 18.5 Å². The molecule has 0 saturated carbocycles. The van der Waals surface area contributed by atoms with E-state index in [1.165, 1.54) is 31.3 Å². The third kappa shape index (κ3) is 8.60. The molecule has 26 heavy (non-hydrogen) atoms. The largest absolute Gasteiger partial charge is 0.487 e. The molecule has 0 N–H and O–H groups in total. The molecular formula is C24H38O2. The fourth-order valence-corrected chi connectivity index (χ4v) is 2.68. The molecule has 146 valence electrons. The van der Waals surface area contributed by atoms with Gasteiger partial charge in [0.15, 0.2) is 0 Å². The second kappa shape index (κ2) is 9.85. The Kier molecular flexibility index (Phi) is 8.46. The number of benzene rings is 1. The summed E-state index contributed by atoms with van der Waals surface area (Å²) in [5.41, 5.74) is 1.70. The van der Waals surface area contributed by atoms with Crippen molar-refractivity contribution in [1.29, 1.82) is 0 Å². The molecule has 0 radical (unpaired) electrons. The predicted octanol–water partition coefficient (Wildman–Crippen LogP) is 7.58. The number of ether oxygens (including phenoxy) is 2. The summed E-state index contributed by atoms with van der Waals surface area (Å²) in [6, 6.07) is 6.03. The van der Waals surface area contributed by atoms with Crippen molar-refractivity contribution >= 4 is 6.08 Å². The fourth-order valence-electron chi connectivity index (χ4n) is 2.68. The zero-order valence-corrected chi connectivity index (χ0v) is 17.9. The van der Waals surface area contributed by atoms with Gasteiger partial charge in [-0.15, -0.1) is 0 Å². The van der Waals surface area contributed by atoms with E-state index in [4.69, 9.17) is 9.47 Å². The molecule has 0 atom stereocenters. The summed E-state index contributed by atoms with van der Waals surface area (Å²) in [4.78, 5) is 0. The second-order valence-corrected chi connectivity index (χ2v) is 8.83. The molecule has 2 heteroatoms. The van der Waals surface area contributed by atoms with Gasteiger partial charge in [0.1, 0.15) is 22.7 Å². The van der Waals surface area contributed by atoms with E-state index in [1.807, 2.05) is 24.3 Å². The van der Waals surface area contributed by atoms with Gasteiger partial charge in [0.2, 0.25) is 0 Å². The lowest BCUT2D eigenvalue weighted by atomic mass is 10.0. The van der Waals surface area contributed by atoms with Crippen LogP contribution in [0.3, 0.4) is 0 Å². The van der Waals surface area contributed by atoms with Gasteiger partial charge in [-0.1, -0.05) is 44.9 Å². The number of allylic oxidation sites excluding steroid dienone is 2. The molecule has 0 aromatic heterocycles. The average molecular weight is 359 g/mol. The van der Waals surface area contributed by atoms with Crippen LogP contribution in [0.25, 0.3) is 6.08 Å². The van der Waals surface area contributed by atoms with Gasteiger partial charge < -0.3 is 9.47 Å². The molecule has 2 nitrogen and oxygen atoms in total. The zero-order chi connectivity index (χ0) is 19.8. The molecule has 0 amide bonds. The Morgan fingerprint density at radius 3 is 1.88 bits per heavy atom. The highest BCUT2D eigenvalue weighted by molar-refractivity contribution is 5.67. The van der Waals surface area contributed by atoms with Crippen LogP contribution in [0.2, 0.25) is 0 Å². The maximum atomic E-state index is 6.22. The second-order valence-electron chi connectivity index (χ2n) is 8.83. The van der Waals surface area contributed by atoms with Crippen LogP contribution in [0.5, 0.6) is 11.5 Å². The molecule has 1 rings (SSSR count). The Morgan fingerprint density at radius 1 is 0.923 bits per heavy atom. The highest BCUT2D eigenvalue weighted by Gasteiger charge is 2.20. The standard InChI is InChI=1S/C24H38O2/c1-9-11-12-13-15-19(10-2)18-20-21(25-23(3,4)5)16-14-17-22(20)26-24(6,7)8/h10,14,16-18H,2,9,11-13,15H2,1,3-8H3/b19-18-. The molecule has 0 saturated heterocycles. The first kappa shape index (κ1) is 22.3. The Balaban J connectivity index is 3.24. The Bertz CT molecular complexity index is 563. The third-order valence-corrected chi connectivity index (χ3v) is 3.77. The summed E-state index contributed by atoms with van der Waals surface area (Å²) in [6.45, 7) is 18.6. The lowest BCUT2D eigenvalue weighted by Gasteiger charge is -2.27. The summed E-state index contributed by atoms with van der Waals surface area (Å²) in [7, 11) is 0. The fraction of sp³-hybridized carbons (Fsp3) is 0.583. The summed E-state index contributed by atoms with van der Waals surface area (Å²) in [5, 5.41) is 0. The van der Waals surface area contributed by atoms with Gasteiger partial charge in [0.05, 0.1) is 5.56 Å². The smallest absolute Gasteiger partial charge is 0.131 e. The normalized spacial score (nSPS) is 12.8. The van der Waals surface area contributed by atoms with Gasteiger partial charge in [-0.2, -0.15) is 0 Å². The maximum absolute atomic E-state index is 6.22. The highest BCUT2D eigenvalue weighted by Crippen LogP contribution is 2.35. The van der Waals surface area contributed by atoms with Gasteiger partial charge in [0, 0.05) is 0 Å². The summed E-state index contributed by atoms with van der Waals surface area (Å²) in [5.74, 6) is 1.71. The average Bonchev–Trinajstić information content (AvgIpc) is 2.49. The SMILES string of the molecule is C=C/C(=C/c1c(OC(C)(C)C)cccc1OC(C)(C)C)CCCCCC. The number of rotatable bonds is 9. The van der Waals surface area contributed by atoms with Crippen LogP contribution in [0.1, 0.15) is 86.1 Å². The molecular weight excluding hydrogens is 320 g/mol. The summed E-state index contributed by atoms with van der Waals surface area (Å²) in [6.07, 6.45) is 10.1. The van der Waals surface area contributed by atoms with Crippen molar-refractivity contribution < 1.29 is 9.47 Å². The van der Waals surface area contributed by atoms with Gasteiger partial charge in [0.25, 0.3) is 0 Å². The van der Waals surface area contributed by atoms with E-state index in [0.29, 0.717) is 0 Å². The van der Waals surface area contributed by atoms with E-state index in [0.717, 1.165) is 23.5 Å². The van der Waals surface area contributed by atoms with Crippen LogP contribution in [0, 0.1) is 0 Å². The molecule has 0 fully saturated rings. The van der Waals surface area contributed by atoms with E-state index in [-0.39, 0.29) is 11.2 Å². The molecule has 0 spiro atoms. The molecule has 1 aromatic rings. The van der Waals surface area contributed by atoms with E-state index < -0.39 is 0 Å². The highest BCUT2D eigenvalue weighted by atomic mass is 16.5. The van der Waals surface area contributed by atoms with Crippen LogP contribution >= 0.6 is 0 Å². The minimum atomic E-state index is -0.265. The van der Waals surface area contributed by atoms with Crippen LogP contribution in [0.4, 0.5) is 0 Å². The van der Waals surface area contributed by atoms with Crippen molar-refractivity contribution in [3.8, 4) is 11.5 Å². The van der Waals surface area contributed by atoms with Crippen molar-refractivity contribution in [2.75, 3.05) is 0 Å². The quantitative estimate of drug-likeness (QED) is 0.334. The Labute approximate surface area is 161 Å². The minimum Gasteiger partial charge on any atom is -0.487 e. The van der Waals surface area contributed by atoms with Crippen molar-refractivity contribution in [1.82, 2.24) is 0 Å². The van der Waals surface area contributed by atoms with Crippen molar-refractivity contribution in [3.05, 3.63) is 42.0 Å². The van der Waals surface area contributed by atoms with Crippen LogP contribution in [-0.2, 0) is 0 Å². The molecule has 0 bridgehead atoms. The lowest BCUT2D eigenvalue weighted by Crippen LogP contribution is -2.25. The zero-order valence-electron chi connectivity index (χ0n) is 17.9. The van der Waals surface area contributed by atoms with E-state index in [9.17, 15) is 0 Å². The van der Waals surface area contributed by atoms with Crippen molar-refractivity contribution in [3.63, 3.8) is 0 Å². The van der Waals surface area contributed by atoms with Crippen LogP contribution in [-0.4, -0.2) is 11.2 Å². The lowest BCUT2D eigenvalue weighted by molar-refractivity contribution is 0.120. The molecule has 0 aliphatic carbocycles. The first-order chi connectivity index (χ1) is 12.1. The third-order valence-electron chi connectivity index (χ3n) is 3.77. The first-order valence-electron chi connectivity index (χ1n) is 9.90. The number of hydrogen-bond acceptors (Lipinski definition) is 2. The van der Waals surface area contributed by atoms with E-state index in [1.54, 1.807) is 0 Å². The molecule has 0 heterocycles. The number of unbranched alkanes of at least 4 members (excludes halogenated alkanes) is 3. The summed E-state index contributed by atoms with van der Waals surface area (Å²) >= 11 is 0. The maximum Gasteiger partial charge on any atom is 0.131 e. The Morgan fingerprint density at radius 2 is 1.46 bits per heavy atom. The van der Waals surface area contributed by atoms with Crippen LogP contribution < -0.4 is 9.47 Å². The van der Waals surface area contributed by atoms with Crippen molar-refractivity contribution in [2.45, 2.75) is 91.8 Å². The summed E-state index contributed by atoms with van der Waals surface area (Å²) < 4.78 is 12.4. The van der Waals surface area contributed by atoms with Crippen LogP contribution in [0.15, 0.2) is 36.4 Å². The van der Waals surface area contributed by atoms with E-state index >= 15 is 0 Å².